The number of nitrogens with two attached hydrogens (primary N) is 1. The monoisotopic (exact) mass is 617 g/mol. The highest BCUT2D eigenvalue weighted by Gasteiger charge is 2.28. The van der Waals surface area contributed by atoms with Crippen LogP contribution in [0.4, 0.5) is 11.4 Å². The first-order valence-corrected chi connectivity index (χ1v) is 15.1. The van der Waals surface area contributed by atoms with Crippen LogP contribution in [0.25, 0.3) is 11.4 Å². The van der Waals surface area contributed by atoms with E-state index in [9.17, 15) is 19.2 Å². The van der Waals surface area contributed by atoms with Gasteiger partial charge in [-0.2, -0.15) is 5.10 Å². The first-order valence-electron chi connectivity index (χ1n) is 15.1. The molecule has 3 aromatic carbocycles. The third kappa shape index (κ3) is 5.19. The van der Waals surface area contributed by atoms with Crippen molar-refractivity contribution < 1.29 is 9.59 Å². The number of carbonyl (C=O) groups is 2. The summed E-state index contributed by atoms with van der Waals surface area (Å²) in [7, 11) is 0. The zero-order valence-electron chi connectivity index (χ0n) is 25.0. The van der Waals surface area contributed by atoms with Gasteiger partial charge in [-0.3, -0.25) is 24.3 Å². The van der Waals surface area contributed by atoms with Crippen molar-refractivity contribution in [3.8, 4) is 11.4 Å². The van der Waals surface area contributed by atoms with Gasteiger partial charge in [0.1, 0.15) is 35.4 Å². The van der Waals surface area contributed by atoms with Crippen molar-refractivity contribution in [3.05, 3.63) is 114 Å². The summed E-state index contributed by atoms with van der Waals surface area (Å²) in [4.78, 5) is 62.3. The fourth-order valence-electron chi connectivity index (χ4n) is 6.57. The number of aromatic amines is 1. The number of nitrogens with zero attached hydrogens (tertiary/aromatic N) is 4. The predicted octanol–water partition coefficient (Wildman–Crippen LogP) is 2.59. The molecule has 1 unspecified atom stereocenters. The Balaban J connectivity index is 1.00. The van der Waals surface area contributed by atoms with E-state index < -0.39 is 16.8 Å². The summed E-state index contributed by atoms with van der Waals surface area (Å²) in [6, 6.07) is 11.0. The van der Waals surface area contributed by atoms with E-state index >= 15 is 0 Å². The highest BCUT2D eigenvalue weighted by atomic mass is 16.2. The molecule has 13 heteroatoms. The molecule has 46 heavy (non-hydrogen) atoms. The van der Waals surface area contributed by atoms with Crippen molar-refractivity contribution in [3.63, 3.8) is 0 Å². The molecule has 0 radical (unpaired) electrons. The van der Waals surface area contributed by atoms with Crippen LogP contribution in [0.2, 0.25) is 0 Å². The van der Waals surface area contributed by atoms with E-state index in [4.69, 9.17) is 5.73 Å². The Morgan fingerprint density at radius 1 is 0.913 bits per heavy atom. The molecule has 2 aromatic heterocycles. The van der Waals surface area contributed by atoms with Gasteiger partial charge >= 0.3 is 0 Å². The molecule has 0 spiro atoms. The van der Waals surface area contributed by atoms with E-state index in [0.29, 0.717) is 5.82 Å². The molecule has 0 aliphatic heterocycles. The van der Waals surface area contributed by atoms with Crippen LogP contribution in [0.5, 0.6) is 0 Å². The maximum absolute atomic E-state index is 13.2. The van der Waals surface area contributed by atoms with Crippen LogP contribution in [0.3, 0.4) is 0 Å². The third-order valence-electron chi connectivity index (χ3n) is 9.04. The second-order valence-electron chi connectivity index (χ2n) is 11.7. The van der Waals surface area contributed by atoms with Crippen LogP contribution in [-0.2, 0) is 19.4 Å². The fourth-order valence-corrected chi connectivity index (χ4v) is 6.57. The fraction of sp³-hybridized carbons (Fsp3) is 0.273. The van der Waals surface area contributed by atoms with Crippen molar-refractivity contribution >= 4 is 23.2 Å². The number of anilines is 2. The molecule has 0 bridgehead atoms. The third-order valence-corrected chi connectivity index (χ3v) is 9.04. The predicted molar refractivity (Wildman–Crippen MR) is 170 cm³/mol. The molecule has 0 saturated heterocycles. The van der Waals surface area contributed by atoms with Gasteiger partial charge in [-0.05, 0) is 72.4 Å². The number of hydrogen-bond donors (Lipinski definition) is 5. The van der Waals surface area contributed by atoms with Crippen molar-refractivity contribution in [2.24, 2.45) is 0 Å². The Labute approximate surface area is 262 Å². The Kier molecular flexibility index (Phi) is 7.35. The highest BCUT2D eigenvalue weighted by molar-refractivity contribution is 5.97. The molecule has 13 nitrogen and oxygen atoms in total. The van der Waals surface area contributed by atoms with Gasteiger partial charge in [0.2, 0.25) is 0 Å². The number of amides is 2. The van der Waals surface area contributed by atoms with Gasteiger partial charge in [-0.25, -0.2) is 15.0 Å². The second-order valence-corrected chi connectivity index (χ2v) is 11.7. The maximum atomic E-state index is 13.2. The number of aromatic nitrogens is 5. The second kappa shape index (κ2) is 11.7. The number of hydrogen-bond acceptors (Lipinski definition) is 10. The number of aryl methyl sites for hydroxylation is 1. The molecular weight excluding hydrogens is 586 g/mol. The molecule has 2 atom stereocenters. The largest absolute Gasteiger partial charge is 0.394 e. The summed E-state index contributed by atoms with van der Waals surface area (Å²) >= 11 is 0. The summed E-state index contributed by atoms with van der Waals surface area (Å²) < 4.78 is 0. The van der Waals surface area contributed by atoms with Crippen molar-refractivity contribution in [2.75, 3.05) is 11.1 Å². The van der Waals surface area contributed by atoms with Crippen LogP contribution < -0.4 is 32.5 Å². The van der Waals surface area contributed by atoms with Gasteiger partial charge in [0.05, 0.1) is 12.1 Å². The van der Waals surface area contributed by atoms with Crippen LogP contribution in [0.15, 0.2) is 58.6 Å². The normalized spacial score (nSPS) is 16.9. The van der Waals surface area contributed by atoms with Crippen molar-refractivity contribution in [1.82, 2.24) is 35.8 Å². The Hall–Kier alpha value is -5.72. The van der Waals surface area contributed by atoms with Gasteiger partial charge in [-0.15, -0.1) is 0 Å². The Morgan fingerprint density at radius 3 is 2.52 bits per heavy atom. The zero-order valence-corrected chi connectivity index (χ0v) is 25.0. The number of rotatable bonds is 8. The maximum Gasteiger partial charge on any atom is 0.270 e. The summed E-state index contributed by atoms with van der Waals surface area (Å²) in [6.07, 6.45) is 6.85. The number of nitrogens with one attached hydrogen (secondary N) is 4. The number of benzene rings is 2. The minimum absolute atomic E-state index is 0.0285. The minimum Gasteiger partial charge on any atom is -0.394 e. The summed E-state index contributed by atoms with van der Waals surface area (Å²) in [6.45, 7) is 2.27. The van der Waals surface area contributed by atoms with Crippen LogP contribution >= 0.6 is 0 Å². The molecular formula is C33H31N9O4. The SMILES string of the molecule is Cc1c(-c2ncn[nH]2)ccc2c1CC[C@@H]2NC(=O)c1cc(C(=O)NCc2ccc3c(c2)C(Nc2c(N)c(=O)c2=O)CCC3)ncn1. The molecule has 2 amide bonds. The number of carbonyl (C=O) groups excluding carboxylic acids is 2. The van der Waals surface area contributed by atoms with E-state index in [1.54, 1.807) is 0 Å². The van der Waals surface area contributed by atoms with Gasteiger partial charge in [0, 0.05) is 18.2 Å². The minimum atomic E-state index is -0.655. The Bertz CT molecular complexity index is 2060. The number of fused-ring (bicyclic) bond motifs is 2. The Morgan fingerprint density at radius 2 is 1.74 bits per heavy atom. The van der Waals surface area contributed by atoms with E-state index in [1.165, 1.54) is 24.3 Å². The van der Waals surface area contributed by atoms with E-state index in [2.05, 4.69) is 41.1 Å². The van der Waals surface area contributed by atoms with E-state index in [0.717, 1.165) is 65.5 Å². The lowest BCUT2D eigenvalue weighted by molar-refractivity contribution is 0.0931. The van der Waals surface area contributed by atoms with Crippen LogP contribution in [0, 0.1) is 6.92 Å². The molecule has 0 saturated carbocycles. The lowest BCUT2D eigenvalue weighted by Crippen LogP contribution is -2.38. The standard InChI is InChI=1S/C33H31N9O4/c1-16-19-9-10-24(21(19)8-7-20(16)31-38-15-39-42-31)41-33(46)26-12-25(36-14-37-26)32(45)35-13-17-5-6-18-3-2-4-23(22(18)11-17)40-28-27(34)29(43)30(28)44/h5-8,11-12,14-15,23-24,40H,2-4,9-10,13,34H2,1H3,(H,35,45)(H,41,46)(H,38,39,42)/t23?,24-/m0/s1. The number of H-pyrrole nitrogens is 1. The van der Waals surface area contributed by atoms with E-state index in [1.807, 2.05) is 37.3 Å². The smallest absolute Gasteiger partial charge is 0.270 e. The zero-order chi connectivity index (χ0) is 31.9. The lowest BCUT2D eigenvalue weighted by Gasteiger charge is -2.28. The molecule has 232 valence electrons. The highest BCUT2D eigenvalue weighted by Crippen LogP contribution is 2.37. The topological polar surface area (TPSA) is 198 Å². The molecule has 5 aromatic rings. The van der Waals surface area contributed by atoms with Crippen LogP contribution in [0.1, 0.15) is 85.7 Å². The first kappa shape index (κ1) is 29.0. The van der Waals surface area contributed by atoms with Gasteiger partial charge < -0.3 is 21.7 Å². The summed E-state index contributed by atoms with van der Waals surface area (Å²) in [5.74, 6) is -0.125. The molecule has 6 N–H and O–H groups in total. The molecule has 2 aliphatic rings. The van der Waals surface area contributed by atoms with E-state index in [-0.39, 0.29) is 47.3 Å². The average Bonchev–Trinajstić information content (AvgIpc) is 3.77. The quantitative estimate of drug-likeness (QED) is 0.161. The van der Waals surface area contributed by atoms with Gasteiger partial charge in [0.15, 0.2) is 5.82 Å². The lowest BCUT2D eigenvalue weighted by atomic mass is 9.86. The average molecular weight is 618 g/mol. The molecule has 0 fully saturated rings. The van der Waals surface area contributed by atoms with Crippen molar-refractivity contribution in [2.45, 2.75) is 57.7 Å². The van der Waals surface area contributed by atoms with Gasteiger partial charge in [0.25, 0.3) is 22.7 Å². The van der Waals surface area contributed by atoms with Gasteiger partial charge in [-0.1, -0.05) is 30.3 Å². The summed E-state index contributed by atoms with van der Waals surface area (Å²) in [5.41, 5.74) is 12.1. The molecule has 7 rings (SSSR count). The summed E-state index contributed by atoms with van der Waals surface area (Å²) in [5, 5.41) is 15.9. The molecule has 2 heterocycles. The van der Waals surface area contributed by atoms with Crippen molar-refractivity contribution in [1.29, 1.82) is 0 Å². The number of nitrogen functional groups attached to an aromatic ring is 1. The molecule has 2 aliphatic carbocycles. The first-order chi connectivity index (χ1) is 22.3. The van der Waals surface area contributed by atoms with Crippen LogP contribution in [-0.4, -0.2) is 37.0 Å².